The number of carbonyl (C=O) groups is 1. The summed E-state index contributed by atoms with van der Waals surface area (Å²) in [4.78, 5) is 11.0. The second-order valence-electron chi connectivity index (χ2n) is 4.38. The average molecular weight is 309 g/mol. The lowest BCUT2D eigenvalue weighted by Crippen LogP contribution is -2.10. The molecule has 1 aromatic carbocycles. The average Bonchev–Trinajstić information content (AvgIpc) is 2.84. The van der Waals surface area contributed by atoms with Gasteiger partial charge in [0.05, 0.1) is 6.54 Å². The van der Waals surface area contributed by atoms with Crippen LogP contribution in [0.5, 0.6) is 0 Å². The number of sulfonamides is 1. The molecule has 0 aliphatic carbocycles. The van der Waals surface area contributed by atoms with E-state index < -0.39 is 10.0 Å². The second-order valence-corrected chi connectivity index (χ2v) is 5.87. The third kappa shape index (κ3) is 4.33. The van der Waals surface area contributed by atoms with E-state index in [-0.39, 0.29) is 11.0 Å². The smallest absolute Gasteiger partial charge is 0.271 e. The van der Waals surface area contributed by atoms with Crippen LogP contribution in [0.3, 0.4) is 0 Å². The molecule has 0 atom stereocenters. The first-order chi connectivity index (χ1) is 9.84. The molecule has 0 aliphatic rings. The van der Waals surface area contributed by atoms with E-state index in [0.29, 0.717) is 18.0 Å². The largest absolute Gasteiger partial charge is 0.446 e. The Bertz CT molecular complexity index is 752. The summed E-state index contributed by atoms with van der Waals surface area (Å²) in [6.07, 6.45) is 0. The lowest BCUT2D eigenvalue weighted by molar-refractivity contribution is -0.114. The van der Waals surface area contributed by atoms with Crippen LogP contribution >= 0.6 is 0 Å². The monoisotopic (exact) mass is 309 g/mol. The summed E-state index contributed by atoms with van der Waals surface area (Å²) in [6, 6.07) is 9.95. The molecule has 0 saturated carbocycles. The maximum atomic E-state index is 11.1. The van der Waals surface area contributed by atoms with Crippen LogP contribution in [0, 0.1) is 0 Å². The van der Waals surface area contributed by atoms with Crippen molar-refractivity contribution in [1.82, 2.24) is 0 Å². The topological polar surface area (TPSA) is 114 Å². The SMILES string of the molecule is CC(=O)Nc1cccc(NCc2ccc(S(N)(=O)=O)o2)c1. The molecule has 1 amide bonds. The first-order valence-electron chi connectivity index (χ1n) is 6.07. The Labute approximate surface area is 122 Å². The minimum absolute atomic E-state index is 0.157. The van der Waals surface area contributed by atoms with Crippen molar-refractivity contribution in [3.8, 4) is 0 Å². The lowest BCUT2D eigenvalue weighted by atomic mass is 10.2. The van der Waals surface area contributed by atoms with Crippen LogP contribution in [0.4, 0.5) is 11.4 Å². The number of hydrogen-bond acceptors (Lipinski definition) is 5. The fourth-order valence-corrected chi connectivity index (χ4v) is 2.19. The van der Waals surface area contributed by atoms with E-state index in [1.54, 1.807) is 18.2 Å². The van der Waals surface area contributed by atoms with E-state index in [4.69, 9.17) is 9.56 Å². The molecule has 0 spiro atoms. The molecule has 0 radical (unpaired) electrons. The molecule has 8 heteroatoms. The number of hydrogen-bond donors (Lipinski definition) is 3. The van der Waals surface area contributed by atoms with Crippen molar-refractivity contribution in [1.29, 1.82) is 0 Å². The Morgan fingerprint density at radius 2 is 1.95 bits per heavy atom. The van der Waals surface area contributed by atoms with E-state index in [0.717, 1.165) is 5.69 Å². The number of anilines is 2. The summed E-state index contributed by atoms with van der Waals surface area (Å²) in [5, 5.41) is 10.4. The highest BCUT2D eigenvalue weighted by Crippen LogP contribution is 2.17. The highest BCUT2D eigenvalue weighted by Gasteiger charge is 2.12. The molecule has 0 fully saturated rings. The van der Waals surface area contributed by atoms with Gasteiger partial charge in [-0.3, -0.25) is 4.79 Å². The van der Waals surface area contributed by atoms with E-state index in [1.165, 1.54) is 19.1 Å². The van der Waals surface area contributed by atoms with Crippen LogP contribution in [0.15, 0.2) is 45.9 Å². The van der Waals surface area contributed by atoms with Crippen molar-refractivity contribution in [2.24, 2.45) is 5.14 Å². The first-order valence-corrected chi connectivity index (χ1v) is 7.62. The van der Waals surface area contributed by atoms with Crippen LogP contribution in [0.2, 0.25) is 0 Å². The van der Waals surface area contributed by atoms with Crippen molar-refractivity contribution in [2.45, 2.75) is 18.6 Å². The molecule has 1 aromatic heterocycles. The summed E-state index contributed by atoms with van der Waals surface area (Å²) in [6.45, 7) is 1.72. The number of amides is 1. The van der Waals surface area contributed by atoms with E-state index in [2.05, 4.69) is 10.6 Å². The summed E-state index contributed by atoms with van der Waals surface area (Å²) in [7, 11) is -3.83. The van der Waals surface area contributed by atoms with Crippen LogP contribution in [-0.4, -0.2) is 14.3 Å². The van der Waals surface area contributed by atoms with Gasteiger partial charge in [-0.25, -0.2) is 13.6 Å². The number of carbonyl (C=O) groups excluding carboxylic acids is 1. The Morgan fingerprint density at radius 1 is 1.24 bits per heavy atom. The molecule has 112 valence electrons. The quantitative estimate of drug-likeness (QED) is 0.774. The summed E-state index contributed by atoms with van der Waals surface area (Å²) in [5.41, 5.74) is 1.42. The predicted molar refractivity (Wildman–Crippen MR) is 78.2 cm³/mol. The minimum Gasteiger partial charge on any atom is -0.446 e. The molecule has 4 N–H and O–H groups in total. The number of furan rings is 1. The Hall–Kier alpha value is -2.32. The molecule has 0 saturated heterocycles. The van der Waals surface area contributed by atoms with Gasteiger partial charge in [-0.05, 0) is 30.3 Å². The maximum Gasteiger partial charge on any atom is 0.271 e. The number of rotatable bonds is 5. The third-order valence-corrected chi connectivity index (χ3v) is 3.35. The fourth-order valence-electron chi connectivity index (χ4n) is 1.71. The zero-order chi connectivity index (χ0) is 15.5. The molecule has 0 bridgehead atoms. The number of benzene rings is 1. The zero-order valence-electron chi connectivity index (χ0n) is 11.3. The molecule has 0 unspecified atom stereocenters. The standard InChI is InChI=1S/C13H15N3O4S/c1-9(17)16-11-4-2-3-10(7-11)15-8-12-5-6-13(20-12)21(14,18)19/h2-7,15H,8H2,1H3,(H,16,17)(H2,14,18,19). The maximum absolute atomic E-state index is 11.1. The third-order valence-electron chi connectivity index (χ3n) is 2.57. The van der Waals surface area contributed by atoms with Gasteiger partial charge in [0.2, 0.25) is 11.0 Å². The first kappa shape index (κ1) is 15.1. The minimum atomic E-state index is -3.83. The predicted octanol–water partition coefficient (Wildman–Crippen LogP) is 1.50. The molecule has 2 rings (SSSR count). The molecule has 7 nitrogen and oxygen atoms in total. The van der Waals surface area contributed by atoms with Crippen LogP contribution in [0.1, 0.15) is 12.7 Å². The Balaban J connectivity index is 2.03. The number of primary sulfonamides is 1. The van der Waals surface area contributed by atoms with Gasteiger partial charge >= 0.3 is 0 Å². The second kappa shape index (κ2) is 5.98. The Morgan fingerprint density at radius 3 is 2.57 bits per heavy atom. The summed E-state index contributed by atoms with van der Waals surface area (Å²) >= 11 is 0. The summed E-state index contributed by atoms with van der Waals surface area (Å²) < 4.78 is 27.3. The molecular formula is C13H15N3O4S. The fraction of sp³-hybridized carbons (Fsp3) is 0.154. The van der Waals surface area contributed by atoms with Gasteiger partial charge < -0.3 is 15.1 Å². The van der Waals surface area contributed by atoms with Gasteiger partial charge in [-0.2, -0.15) is 0 Å². The van der Waals surface area contributed by atoms with Gasteiger partial charge in [-0.1, -0.05) is 6.07 Å². The lowest BCUT2D eigenvalue weighted by Gasteiger charge is -2.07. The van der Waals surface area contributed by atoms with E-state index in [1.807, 2.05) is 6.07 Å². The normalized spacial score (nSPS) is 11.1. The number of nitrogens with one attached hydrogen (secondary N) is 2. The molecular weight excluding hydrogens is 294 g/mol. The van der Waals surface area contributed by atoms with Crippen LogP contribution in [0.25, 0.3) is 0 Å². The molecule has 21 heavy (non-hydrogen) atoms. The van der Waals surface area contributed by atoms with Crippen molar-refractivity contribution >= 4 is 27.3 Å². The van der Waals surface area contributed by atoms with Gasteiger partial charge in [0.25, 0.3) is 10.0 Å². The zero-order valence-corrected chi connectivity index (χ0v) is 12.1. The van der Waals surface area contributed by atoms with E-state index >= 15 is 0 Å². The van der Waals surface area contributed by atoms with Crippen molar-refractivity contribution < 1.29 is 17.6 Å². The van der Waals surface area contributed by atoms with Gasteiger partial charge in [-0.15, -0.1) is 0 Å². The highest BCUT2D eigenvalue weighted by atomic mass is 32.2. The van der Waals surface area contributed by atoms with Crippen LogP contribution < -0.4 is 15.8 Å². The van der Waals surface area contributed by atoms with Crippen molar-refractivity contribution in [2.75, 3.05) is 10.6 Å². The van der Waals surface area contributed by atoms with Crippen LogP contribution in [-0.2, 0) is 21.4 Å². The van der Waals surface area contributed by atoms with Gasteiger partial charge in [0.1, 0.15) is 5.76 Å². The molecule has 0 aliphatic heterocycles. The van der Waals surface area contributed by atoms with Gasteiger partial charge in [0, 0.05) is 18.3 Å². The number of nitrogens with two attached hydrogens (primary N) is 1. The molecule has 1 heterocycles. The van der Waals surface area contributed by atoms with Crippen molar-refractivity contribution in [3.63, 3.8) is 0 Å². The van der Waals surface area contributed by atoms with Gasteiger partial charge in [0.15, 0.2) is 0 Å². The summed E-state index contributed by atoms with van der Waals surface area (Å²) in [5.74, 6) is 0.278. The molecule has 2 aromatic rings. The Kier molecular flexibility index (Phi) is 4.29. The van der Waals surface area contributed by atoms with Crippen molar-refractivity contribution in [3.05, 3.63) is 42.2 Å². The van der Waals surface area contributed by atoms with E-state index in [9.17, 15) is 13.2 Å². The highest BCUT2D eigenvalue weighted by molar-refractivity contribution is 7.89.